The van der Waals surface area contributed by atoms with Crippen molar-refractivity contribution in [3.63, 3.8) is 0 Å². The molecule has 0 aliphatic carbocycles. The van der Waals surface area contributed by atoms with Gasteiger partial charge in [0, 0.05) is 0 Å². The third-order valence-electron chi connectivity index (χ3n) is 5.03. The first kappa shape index (κ1) is 14.7. The van der Waals surface area contributed by atoms with Crippen LogP contribution in [0.15, 0.2) is 60.7 Å². The van der Waals surface area contributed by atoms with E-state index in [0.29, 0.717) is 0 Å². The summed E-state index contributed by atoms with van der Waals surface area (Å²) in [6.07, 6.45) is 0. The van der Waals surface area contributed by atoms with Crippen molar-refractivity contribution in [2.75, 3.05) is 0 Å². The summed E-state index contributed by atoms with van der Waals surface area (Å²) in [6, 6.07) is 18.2. The smallest absolute Gasteiger partial charge is 0.335 e. The van der Waals surface area contributed by atoms with Crippen molar-refractivity contribution in [1.82, 2.24) is 0 Å². The third kappa shape index (κ3) is 1.84. The Balaban J connectivity index is 2.15. The molecule has 2 N–H and O–H groups in total. The zero-order valence-corrected chi connectivity index (χ0v) is 13.5. The van der Waals surface area contributed by atoms with Gasteiger partial charge in [0.1, 0.15) is 0 Å². The van der Waals surface area contributed by atoms with E-state index in [1.165, 1.54) is 0 Å². The van der Waals surface area contributed by atoms with Gasteiger partial charge in [0.25, 0.3) is 0 Å². The Kier molecular flexibility index (Phi) is 2.78. The fourth-order valence-corrected chi connectivity index (χ4v) is 3.98. The Morgan fingerprint density at radius 2 is 1.00 bits per heavy atom. The minimum atomic E-state index is -0.965. The highest BCUT2D eigenvalue weighted by Gasteiger charge is 2.17. The highest BCUT2D eigenvalue weighted by Crippen LogP contribution is 2.41. The third-order valence-corrected chi connectivity index (χ3v) is 5.03. The summed E-state index contributed by atoms with van der Waals surface area (Å²) in [5.41, 5.74) is 0.486. The van der Waals surface area contributed by atoms with Gasteiger partial charge in [-0.15, -0.1) is 0 Å². The topological polar surface area (TPSA) is 74.6 Å². The molecule has 0 aromatic heterocycles. The Morgan fingerprint density at radius 1 is 0.577 bits per heavy atom. The van der Waals surface area contributed by atoms with Gasteiger partial charge in [-0.2, -0.15) is 0 Å². The van der Waals surface area contributed by atoms with Gasteiger partial charge in [-0.05, 0) is 67.4 Å². The van der Waals surface area contributed by atoms with Gasteiger partial charge < -0.3 is 10.2 Å². The van der Waals surface area contributed by atoms with Crippen LogP contribution >= 0.6 is 0 Å². The quantitative estimate of drug-likeness (QED) is 0.345. The van der Waals surface area contributed by atoms with E-state index in [4.69, 9.17) is 0 Å². The molecule has 5 aromatic rings. The summed E-state index contributed by atoms with van der Waals surface area (Å²) >= 11 is 0. The van der Waals surface area contributed by atoms with Crippen LogP contribution < -0.4 is 0 Å². The van der Waals surface area contributed by atoms with E-state index in [2.05, 4.69) is 0 Å². The lowest BCUT2D eigenvalue weighted by molar-refractivity contribution is 0.0686. The van der Waals surface area contributed by atoms with Crippen molar-refractivity contribution in [2.45, 2.75) is 0 Å². The molecule has 4 nitrogen and oxygen atoms in total. The number of hydrogen-bond donors (Lipinski definition) is 2. The van der Waals surface area contributed by atoms with Crippen LogP contribution in [0.4, 0.5) is 0 Å². The van der Waals surface area contributed by atoms with E-state index in [1.807, 2.05) is 36.4 Å². The Labute approximate surface area is 147 Å². The summed E-state index contributed by atoms with van der Waals surface area (Å²) in [6.45, 7) is 0. The molecule has 124 valence electrons. The summed E-state index contributed by atoms with van der Waals surface area (Å²) in [7, 11) is 0. The Morgan fingerprint density at radius 3 is 1.38 bits per heavy atom. The van der Waals surface area contributed by atoms with E-state index in [1.54, 1.807) is 24.3 Å². The van der Waals surface area contributed by atoms with Crippen LogP contribution in [0.1, 0.15) is 20.7 Å². The zero-order valence-electron chi connectivity index (χ0n) is 13.5. The van der Waals surface area contributed by atoms with Crippen LogP contribution in [-0.2, 0) is 0 Å². The largest absolute Gasteiger partial charge is 0.478 e. The van der Waals surface area contributed by atoms with Gasteiger partial charge in [0.05, 0.1) is 11.1 Å². The molecule has 0 aliphatic rings. The number of benzene rings is 5. The van der Waals surface area contributed by atoms with Gasteiger partial charge in [0.15, 0.2) is 0 Å². The zero-order chi connectivity index (χ0) is 18.0. The first-order chi connectivity index (χ1) is 12.5. The molecule has 5 aromatic carbocycles. The molecule has 0 saturated heterocycles. The van der Waals surface area contributed by atoms with E-state index in [-0.39, 0.29) is 11.1 Å². The van der Waals surface area contributed by atoms with Crippen molar-refractivity contribution >= 4 is 55.0 Å². The van der Waals surface area contributed by atoms with Gasteiger partial charge in [-0.25, -0.2) is 9.59 Å². The minimum absolute atomic E-state index is 0.243. The molecule has 0 amide bonds. The van der Waals surface area contributed by atoms with Crippen LogP contribution in [0.5, 0.6) is 0 Å². The monoisotopic (exact) mass is 340 g/mol. The van der Waals surface area contributed by atoms with Gasteiger partial charge in [-0.3, -0.25) is 0 Å². The lowest BCUT2D eigenvalue weighted by Gasteiger charge is -2.15. The Bertz CT molecular complexity index is 1270. The number of carbonyl (C=O) groups is 2. The van der Waals surface area contributed by atoms with Gasteiger partial charge in [-0.1, -0.05) is 36.4 Å². The Hall–Kier alpha value is -3.66. The molecular formula is C22H12O4. The van der Waals surface area contributed by atoms with Crippen LogP contribution in [0.2, 0.25) is 0 Å². The molecule has 0 fully saturated rings. The standard InChI is InChI=1S/C22H12O4/c23-21(24)13-7-11-3-1-5-15-17-9-14(22(25)26)8-12-4-2-6-16(20(12)17)18(10-13)19(11)15/h1-10H,(H,23,24)(H,25,26). The molecule has 0 unspecified atom stereocenters. The lowest BCUT2D eigenvalue weighted by atomic mass is 9.88. The number of fused-ring (bicyclic) bond motifs is 2. The number of carboxylic acid groups (broad SMARTS) is 2. The average Bonchev–Trinajstić information content (AvgIpc) is 2.64. The predicted molar refractivity (Wildman–Crippen MR) is 102 cm³/mol. The highest BCUT2D eigenvalue weighted by molar-refractivity contribution is 6.34. The maximum absolute atomic E-state index is 11.6. The molecular weight excluding hydrogens is 328 g/mol. The molecule has 0 aliphatic heterocycles. The fraction of sp³-hybridized carbons (Fsp3) is 0. The molecule has 4 heteroatoms. The molecule has 5 rings (SSSR count). The lowest BCUT2D eigenvalue weighted by Crippen LogP contribution is -1.99. The number of carboxylic acids is 2. The second-order valence-corrected chi connectivity index (χ2v) is 6.47. The van der Waals surface area contributed by atoms with Crippen molar-refractivity contribution in [2.24, 2.45) is 0 Å². The predicted octanol–water partition coefficient (Wildman–Crippen LogP) is 5.13. The van der Waals surface area contributed by atoms with Crippen molar-refractivity contribution in [3.8, 4) is 0 Å². The summed E-state index contributed by atoms with van der Waals surface area (Å²) in [5, 5.41) is 26.1. The van der Waals surface area contributed by atoms with Crippen LogP contribution in [0.3, 0.4) is 0 Å². The van der Waals surface area contributed by atoms with Crippen molar-refractivity contribution in [3.05, 3.63) is 71.8 Å². The first-order valence-corrected chi connectivity index (χ1v) is 8.15. The number of aromatic carboxylic acids is 2. The molecule has 0 atom stereocenters. The molecule has 0 spiro atoms. The van der Waals surface area contributed by atoms with Crippen molar-refractivity contribution < 1.29 is 19.8 Å². The van der Waals surface area contributed by atoms with E-state index in [0.717, 1.165) is 43.1 Å². The normalized spacial score (nSPS) is 11.7. The van der Waals surface area contributed by atoms with E-state index in [9.17, 15) is 19.8 Å². The van der Waals surface area contributed by atoms with Crippen LogP contribution in [0, 0.1) is 0 Å². The second kappa shape index (κ2) is 4.92. The van der Waals surface area contributed by atoms with E-state index >= 15 is 0 Å². The van der Waals surface area contributed by atoms with Crippen LogP contribution in [-0.4, -0.2) is 22.2 Å². The first-order valence-electron chi connectivity index (χ1n) is 8.15. The van der Waals surface area contributed by atoms with Crippen LogP contribution in [0.25, 0.3) is 43.1 Å². The molecule has 0 bridgehead atoms. The summed E-state index contributed by atoms with van der Waals surface area (Å²) in [5.74, 6) is -1.93. The molecule has 0 heterocycles. The minimum Gasteiger partial charge on any atom is -0.478 e. The highest BCUT2D eigenvalue weighted by atomic mass is 16.4. The van der Waals surface area contributed by atoms with Gasteiger partial charge >= 0.3 is 11.9 Å². The molecule has 26 heavy (non-hydrogen) atoms. The SMILES string of the molecule is O=C(O)c1cc2cccc3c4cc(C(=O)O)cc5cccc(c(c1)c23)c54. The summed E-state index contributed by atoms with van der Waals surface area (Å²) in [4.78, 5) is 23.1. The maximum Gasteiger partial charge on any atom is 0.335 e. The van der Waals surface area contributed by atoms with Gasteiger partial charge in [0.2, 0.25) is 0 Å². The van der Waals surface area contributed by atoms with E-state index < -0.39 is 11.9 Å². The molecule has 0 radical (unpaired) electrons. The molecule has 0 saturated carbocycles. The summed E-state index contributed by atoms with van der Waals surface area (Å²) < 4.78 is 0. The number of hydrogen-bond acceptors (Lipinski definition) is 2. The van der Waals surface area contributed by atoms with Crippen molar-refractivity contribution in [1.29, 1.82) is 0 Å². The maximum atomic E-state index is 11.6. The fourth-order valence-electron chi connectivity index (χ4n) is 3.98. The second-order valence-electron chi connectivity index (χ2n) is 6.47. The average molecular weight is 340 g/mol. The number of rotatable bonds is 2.